The fraction of sp³-hybridized carbons (Fsp3) is 0.500. The number of hydrogen-bond donors (Lipinski definition) is 1. The molecule has 0 unspecified atom stereocenters. The van der Waals surface area contributed by atoms with Crippen LogP contribution in [0.3, 0.4) is 0 Å². The highest BCUT2D eigenvalue weighted by Gasteiger charge is 2.24. The maximum atomic E-state index is 12.5. The van der Waals surface area contributed by atoms with Gasteiger partial charge in [0.05, 0.1) is 5.56 Å². The van der Waals surface area contributed by atoms with Crippen molar-refractivity contribution in [1.29, 1.82) is 0 Å². The molecule has 4 heteroatoms. The number of nitrogens with two attached hydrogens (primary N) is 1. The van der Waals surface area contributed by atoms with Gasteiger partial charge in [0.2, 0.25) is 0 Å². The Morgan fingerprint density at radius 1 is 1.50 bits per heavy atom. The smallest absolute Gasteiger partial charge is 0.255 e. The van der Waals surface area contributed by atoms with Gasteiger partial charge < -0.3 is 10.6 Å². The number of carbonyl (C=O) groups is 1. The molecule has 2 N–H and O–H groups in total. The third-order valence-electron chi connectivity index (χ3n) is 3.59. The highest BCUT2D eigenvalue weighted by molar-refractivity contribution is 9.10. The normalized spacial score (nSPS) is 15.2. The van der Waals surface area contributed by atoms with Gasteiger partial charge >= 0.3 is 0 Å². The van der Waals surface area contributed by atoms with Crippen LogP contribution in [0.2, 0.25) is 0 Å². The summed E-state index contributed by atoms with van der Waals surface area (Å²) < 4.78 is 0.814. The molecule has 1 aliphatic rings. The fourth-order valence-electron chi connectivity index (χ4n) is 2.22. The fourth-order valence-corrected chi connectivity index (χ4v) is 2.64. The van der Waals surface area contributed by atoms with E-state index >= 15 is 0 Å². The molecule has 1 fully saturated rings. The van der Waals surface area contributed by atoms with Crippen LogP contribution in [0.1, 0.15) is 36.5 Å². The minimum absolute atomic E-state index is 0.0728. The van der Waals surface area contributed by atoms with Gasteiger partial charge in [-0.2, -0.15) is 0 Å². The molecule has 0 bridgehead atoms. The lowest BCUT2D eigenvalue weighted by molar-refractivity contribution is 0.0705. The quantitative estimate of drug-likeness (QED) is 0.867. The van der Waals surface area contributed by atoms with Gasteiger partial charge in [0.15, 0.2) is 0 Å². The van der Waals surface area contributed by atoms with Crippen LogP contribution in [0.25, 0.3) is 0 Å². The number of nitrogens with zero attached hydrogens (tertiary/aromatic N) is 1. The summed E-state index contributed by atoms with van der Waals surface area (Å²) >= 11 is 3.42. The summed E-state index contributed by atoms with van der Waals surface area (Å²) in [6, 6.07) is 5.37. The van der Waals surface area contributed by atoms with Crippen LogP contribution in [0.15, 0.2) is 22.7 Å². The van der Waals surface area contributed by atoms with Crippen molar-refractivity contribution in [3.63, 3.8) is 0 Å². The van der Waals surface area contributed by atoms with Crippen molar-refractivity contribution in [3.05, 3.63) is 28.2 Å². The Morgan fingerprint density at radius 2 is 2.22 bits per heavy atom. The van der Waals surface area contributed by atoms with Gasteiger partial charge in [0.1, 0.15) is 0 Å². The van der Waals surface area contributed by atoms with Gasteiger partial charge in [0.25, 0.3) is 5.91 Å². The lowest BCUT2D eigenvalue weighted by Gasteiger charge is -2.32. The third-order valence-corrected chi connectivity index (χ3v) is 4.28. The first-order valence-corrected chi connectivity index (χ1v) is 7.25. The third kappa shape index (κ3) is 2.86. The van der Waals surface area contributed by atoms with E-state index < -0.39 is 0 Å². The van der Waals surface area contributed by atoms with Crippen molar-refractivity contribution in [2.75, 3.05) is 18.8 Å². The first kappa shape index (κ1) is 13.4. The average Bonchev–Trinajstić information content (AvgIpc) is 2.30. The second-order valence-electron chi connectivity index (χ2n) is 4.88. The van der Waals surface area contributed by atoms with Gasteiger partial charge in [-0.3, -0.25) is 4.79 Å². The van der Waals surface area contributed by atoms with E-state index in [2.05, 4.69) is 15.9 Å². The molecule has 0 aliphatic heterocycles. The SMILES string of the molecule is CCN(CC1CCC1)C(=O)c1cc(N)ccc1Br. The molecule has 0 saturated heterocycles. The number of amides is 1. The Kier molecular flexibility index (Phi) is 4.27. The Bertz CT molecular complexity index is 443. The number of benzene rings is 1. The van der Waals surface area contributed by atoms with E-state index in [1.807, 2.05) is 17.9 Å². The van der Waals surface area contributed by atoms with E-state index in [9.17, 15) is 4.79 Å². The molecular formula is C14H19BrN2O. The van der Waals surface area contributed by atoms with Crippen molar-refractivity contribution in [1.82, 2.24) is 4.90 Å². The van der Waals surface area contributed by atoms with Crippen LogP contribution in [0.5, 0.6) is 0 Å². The highest BCUT2D eigenvalue weighted by Crippen LogP contribution is 2.28. The van der Waals surface area contributed by atoms with E-state index in [0.29, 0.717) is 17.2 Å². The van der Waals surface area contributed by atoms with Crippen molar-refractivity contribution in [2.24, 2.45) is 5.92 Å². The number of halogens is 1. The summed E-state index contributed by atoms with van der Waals surface area (Å²) in [7, 11) is 0. The molecule has 0 atom stereocenters. The van der Waals surface area contributed by atoms with Crippen LogP contribution in [-0.2, 0) is 0 Å². The van der Waals surface area contributed by atoms with Crippen molar-refractivity contribution in [2.45, 2.75) is 26.2 Å². The molecule has 0 heterocycles. The summed E-state index contributed by atoms with van der Waals surface area (Å²) in [6.45, 7) is 3.64. The van der Waals surface area contributed by atoms with Gasteiger partial charge in [-0.05, 0) is 59.8 Å². The van der Waals surface area contributed by atoms with E-state index in [0.717, 1.165) is 17.6 Å². The maximum Gasteiger partial charge on any atom is 0.255 e. The molecule has 0 radical (unpaired) electrons. The summed E-state index contributed by atoms with van der Waals surface area (Å²) in [5.41, 5.74) is 7.04. The molecule has 0 aromatic heterocycles. The molecule has 98 valence electrons. The van der Waals surface area contributed by atoms with Gasteiger partial charge in [0, 0.05) is 23.2 Å². The van der Waals surface area contributed by atoms with E-state index in [-0.39, 0.29) is 5.91 Å². The van der Waals surface area contributed by atoms with Crippen LogP contribution in [0.4, 0.5) is 5.69 Å². The predicted molar refractivity (Wildman–Crippen MR) is 77.5 cm³/mol. The Hall–Kier alpha value is -1.03. The minimum Gasteiger partial charge on any atom is -0.399 e. The molecule has 1 saturated carbocycles. The lowest BCUT2D eigenvalue weighted by Crippen LogP contribution is -2.37. The summed E-state index contributed by atoms with van der Waals surface area (Å²) in [5.74, 6) is 0.761. The molecule has 0 spiro atoms. The van der Waals surface area contributed by atoms with Gasteiger partial charge in [-0.1, -0.05) is 6.42 Å². The van der Waals surface area contributed by atoms with Crippen LogP contribution < -0.4 is 5.73 Å². The molecule has 1 aliphatic carbocycles. The zero-order valence-corrected chi connectivity index (χ0v) is 12.2. The van der Waals surface area contributed by atoms with Gasteiger partial charge in [-0.15, -0.1) is 0 Å². The zero-order chi connectivity index (χ0) is 13.1. The van der Waals surface area contributed by atoms with Crippen molar-refractivity contribution < 1.29 is 4.79 Å². The maximum absolute atomic E-state index is 12.5. The second kappa shape index (κ2) is 5.74. The molecule has 3 nitrogen and oxygen atoms in total. The monoisotopic (exact) mass is 310 g/mol. The topological polar surface area (TPSA) is 46.3 Å². The van der Waals surface area contributed by atoms with Crippen LogP contribution in [-0.4, -0.2) is 23.9 Å². The number of nitrogen functional groups attached to an aromatic ring is 1. The first-order valence-electron chi connectivity index (χ1n) is 6.46. The average molecular weight is 311 g/mol. The molecule has 1 aromatic rings. The Morgan fingerprint density at radius 3 is 2.78 bits per heavy atom. The van der Waals surface area contributed by atoms with Gasteiger partial charge in [-0.25, -0.2) is 0 Å². The molecule has 1 amide bonds. The lowest BCUT2D eigenvalue weighted by atomic mass is 9.85. The highest BCUT2D eigenvalue weighted by atomic mass is 79.9. The predicted octanol–water partition coefficient (Wildman–Crippen LogP) is 3.29. The summed E-state index contributed by atoms with van der Waals surface area (Å²) in [5, 5.41) is 0. The summed E-state index contributed by atoms with van der Waals surface area (Å²) in [6.07, 6.45) is 3.81. The summed E-state index contributed by atoms with van der Waals surface area (Å²) in [4.78, 5) is 14.4. The molecule has 1 aromatic carbocycles. The molecule has 2 rings (SSSR count). The van der Waals surface area contributed by atoms with Crippen LogP contribution >= 0.6 is 15.9 Å². The van der Waals surface area contributed by atoms with E-state index in [4.69, 9.17) is 5.73 Å². The Labute approximate surface area is 116 Å². The molecular weight excluding hydrogens is 292 g/mol. The number of rotatable bonds is 4. The Balaban J connectivity index is 2.14. The van der Waals surface area contributed by atoms with E-state index in [1.54, 1.807) is 12.1 Å². The standard InChI is InChI=1S/C14H19BrN2O/c1-2-17(9-10-4-3-5-10)14(18)12-8-11(16)6-7-13(12)15/h6-8,10H,2-5,9,16H2,1H3. The minimum atomic E-state index is 0.0728. The first-order chi connectivity index (χ1) is 8.61. The van der Waals surface area contributed by atoms with Crippen LogP contribution in [0, 0.1) is 5.92 Å². The second-order valence-corrected chi connectivity index (χ2v) is 5.73. The van der Waals surface area contributed by atoms with Crippen molar-refractivity contribution >= 4 is 27.5 Å². The number of hydrogen-bond acceptors (Lipinski definition) is 2. The van der Waals surface area contributed by atoms with E-state index in [1.165, 1.54) is 19.3 Å². The molecule has 18 heavy (non-hydrogen) atoms. The zero-order valence-electron chi connectivity index (χ0n) is 10.7. The number of carbonyl (C=O) groups excluding carboxylic acids is 1. The van der Waals surface area contributed by atoms with Crippen molar-refractivity contribution in [3.8, 4) is 0 Å². The largest absolute Gasteiger partial charge is 0.399 e. The number of anilines is 1.